The molecule has 0 saturated heterocycles. The van der Waals surface area contributed by atoms with Crippen LogP contribution in [-0.2, 0) is 0 Å². The van der Waals surface area contributed by atoms with E-state index in [4.69, 9.17) is 12.2 Å². The molecular weight excluding hydrogens is 148 g/mol. The molecule has 0 aromatic carbocycles. The number of thiol groups is 1. The molecule has 1 aliphatic carbocycles. The number of thiocarbonyl (C=S) groups is 1. The molecule has 2 heteroatoms. The van der Waals surface area contributed by atoms with E-state index < -0.39 is 0 Å². The maximum Gasteiger partial charge on any atom is 0.0520 e. The molecule has 0 amide bonds. The summed E-state index contributed by atoms with van der Waals surface area (Å²) in [5.74, 6) is 0.383. The van der Waals surface area contributed by atoms with Crippen molar-refractivity contribution in [2.45, 2.75) is 6.42 Å². The molecule has 0 radical (unpaired) electrons. The molecule has 1 rings (SSSR count). The highest BCUT2D eigenvalue weighted by molar-refractivity contribution is 8.11. The van der Waals surface area contributed by atoms with E-state index in [1.54, 1.807) is 0 Å². The highest BCUT2D eigenvalue weighted by atomic mass is 32.1. The Morgan fingerprint density at radius 3 is 2.67 bits per heavy atom. The predicted octanol–water partition coefficient (Wildman–Crippen LogP) is 2.38. The van der Waals surface area contributed by atoms with Gasteiger partial charge in [0.2, 0.25) is 0 Å². The lowest BCUT2D eigenvalue weighted by Crippen LogP contribution is -2.03. The van der Waals surface area contributed by atoms with Crippen LogP contribution < -0.4 is 0 Å². The summed E-state index contributed by atoms with van der Waals surface area (Å²) in [6.45, 7) is 0. The predicted molar refractivity (Wildman–Crippen MR) is 48.0 cm³/mol. The fourth-order valence-corrected chi connectivity index (χ4v) is 1.13. The van der Waals surface area contributed by atoms with Crippen molar-refractivity contribution in [3.63, 3.8) is 0 Å². The summed E-state index contributed by atoms with van der Waals surface area (Å²) in [7, 11) is 0. The summed E-state index contributed by atoms with van der Waals surface area (Å²) in [4.78, 5) is 0. The van der Waals surface area contributed by atoms with Gasteiger partial charge < -0.3 is 0 Å². The molecule has 0 nitrogen and oxygen atoms in total. The second-order valence-electron chi connectivity index (χ2n) is 1.99. The molecule has 0 heterocycles. The third kappa shape index (κ3) is 1.95. The molecule has 0 aromatic rings. The second kappa shape index (κ2) is 3.18. The van der Waals surface area contributed by atoms with Crippen LogP contribution in [0.4, 0.5) is 0 Å². The lowest BCUT2D eigenvalue weighted by Gasteiger charge is -2.08. The van der Waals surface area contributed by atoms with Crippen LogP contribution in [0.2, 0.25) is 0 Å². The van der Waals surface area contributed by atoms with Gasteiger partial charge in [0, 0.05) is 5.92 Å². The standard InChI is InChI=1S/C7H8S2/c8-7(9)6-4-2-1-3-5-6/h1-4,6H,5H2,(H,8,9)/t6-/m0/s1. The smallest absolute Gasteiger partial charge is 0.0520 e. The zero-order valence-electron chi connectivity index (χ0n) is 4.95. The van der Waals surface area contributed by atoms with E-state index in [9.17, 15) is 0 Å². The average molecular weight is 156 g/mol. The van der Waals surface area contributed by atoms with Crippen LogP contribution in [0.5, 0.6) is 0 Å². The van der Waals surface area contributed by atoms with Crippen LogP contribution in [0, 0.1) is 5.92 Å². The molecule has 0 N–H and O–H groups in total. The third-order valence-corrected chi connectivity index (χ3v) is 1.93. The first-order valence-corrected chi connectivity index (χ1v) is 3.72. The lowest BCUT2D eigenvalue weighted by molar-refractivity contribution is 0.894. The summed E-state index contributed by atoms with van der Waals surface area (Å²) < 4.78 is 0.788. The number of allylic oxidation sites excluding steroid dienone is 4. The average Bonchev–Trinajstić information content (AvgIpc) is 1.90. The third-order valence-electron chi connectivity index (χ3n) is 1.30. The highest BCUT2D eigenvalue weighted by Gasteiger charge is 2.06. The van der Waals surface area contributed by atoms with Crippen LogP contribution >= 0.6 is 24.8 Å². The molecule has 0 aromatic heterocycles. The Hall–Kier alpha value is -0.0800. The molecule has 0 aliphatic heterocycles. The van der Waals surface area contributed by atoms with Gasteiger partial charge in [0.25, 0.3) is 0 Å². The molecule has 9 heavy (non-hydrogen) atoms. The monoisotopic (exact) mass is 156 g/mol. The minimum absolute atomic E-state index is 0.383. The Labute approximate surface area is 66.1 Å². The van der Waals surface area contributed by atoms with Gasteiger partial charge in [-0.05, 0) is 6.42 Å². The minimum Gasteiger partial charge on any atom is -0.136 e. The van der Waals surface area contributed by atoms with Crippen molar-refractivity contribution in [2.75, 3.05) is 0 Å². The summed E-state index contributed by atoms with van der Waals surface area (Å²) in [6, 6.07) is 0. The van der Waals surface area contributed by atoms with E-state index in [1.807, 2.05) is 12.2 Å². The summed E-state index contributed by atoms with van der Waals surface area (Å²) in [5, 5.41) is 0. The summed E-state index contributed by atoms with van der Waals surface area (Å²) in [6.07, 6.45) is 9.24. The number of hydrogen-bond donors (Lipinski definition) is 1. The van der Waals surface area contributed by atoms with Gasteiger partial charge in [0.1, 0.15) is 0 Å². The zero-order chi connectivity index (χ0) is 6.69. The summed E-state index contributed by atoms with van der Waals surface area (Å²) in [5.41, 5.74) is 0. The Morgan fingerprint density at radius 1 is 1.56 bits per heavy atom. The second-order valence-corrected chi connectivity index (χ2v) is 3.22. The first-order valence-electron chi connectivity index (χ1n) is 2.87. The first kappa shape index (κ1) is 7.03. The number of rotatable bonds is 1. The Morgan fingerprint density at radius 2 is 2.33 bits per heavy atom. The van der Waals surface area contributed by atoms with Gasteiger partial charge in [-0.1, -0.05) is 36.5 Å². The Bertz CT molecular complexity index is 168. The maximum absolute atomic E-state index is 4.89. The molecule has 0 spiro atoms. The van der Waals surface area contributed by atoms with Crippen molar-refractivity contribution in [2.24, 2.45) is 5.92 Å². The maximum atomic E-state index is 4.89. The largest absolute Gasteiger partial charge is 0.136 e. The van der Waals surface area contributed by atoms with E-state index in [-0.39, 0.29) is 0 Å². The van der Waals surface area contributed by atoms with Gasteiger partial charge in [-0.3, -0.25) is 0 Å². The minimum atomic E-state index is 0.383. The van der Waals surface area contributed by atoms with E-state index >= 15 is 0 Å². The topological polar surface area (TPSA) is 0 Å². The van der Waals surface area contributed by atoms with Crippen molar-refractivity contribution in [3.05, 3.63) is 24.3 Å². The van der Waals surface area contributed by atoms with Crippen molar-refractivity contribution in [1.82, 2.24) is 0 Å². The molecule has 1 atom stereocenters. The van der Waals surface area contributed by atoms with Crippen LogP contribution in [0.1, 0.15) is 6.42 Å². The Balaban J connectivity index is 2.56. The SMILES string of the molecule is S=C(S)[C@H]1C=CC=CC1. The van der Waals surface area contributed by atoms with Gasteiger partial charge in [-0.15, -0.1) is 12.6 Å². The van der Waals surface area contributed by atoms with E-state index in [0.29, 0.717) is 5.92 Å². The van der Waals surface area contributed by atoms with Crippen molar-refractivity contribution in [3.8, 4) is 0 Å². The fraction of sp³-hybridized carbons (Fsp3) is 0.286. The van der Waals surface area contributed by atoms with Gasteiger partial charge in [0.05, 0.1) is 4.20 Å². The van der Waals surface area contributed by atoms with Crippen LogP contribution in [0.15, 0.2) is 24.3 Å². The molecule has 1 aliphatic rings. The highest BCUT2D eigenvalue weighted by Crippen LogP contribution is 2.14. The van der Waals surface area contributed by atoms with Gasteiger partial charge in [0.15, 0.2) is 0 Å². The molecular formula is C7H8S2. The molecule has 0 unspecified atom stereocenters. The number of hydrogen-bond acceptors (Lipinski definition) is 1. The molecule has 0 fully saturated rings. The molecule has 48 valence electrons. The lowest BCUT2D eigenvalue weighted by atomic mass is 10.0. The molecule has 0 saturated carbocycles. The van der Waals surface area contributed by atoms with E-state index in [0.717, 1.165) is 10.6 Å². The van der Waals surface area contributed by atoms with Crippen molar-refractivity contribution in [1.29, 1.82) is 0 Å². The van der Waals surface area contributed by atoms with Gasteiger partial charge in [-0.2, -0.15) is 0 Å². The van der Waals surface area contributed by atoms with Crippen LogP contribution in [0.25, 0.3) is 0 Å². The van der Waals surface area contributed by atoms with Crippen molar-refractivity contribution >= 4 is 29.0 Å². The normalized spacial score (nSPS) is 24.3. The van der Waals surface area contributed by atoms with Crippen molar-refractivity contribution < 1.29 is 0 Å². The van der Waals surface area contributed by atoms with Crippen LogP contribution in [0.3, 0.4) is 0 Å². The molecule has 0 bridgehead atoms. The fourth-order valence-electron chi connectivity index (χ4n) is 0.764. The van der Waals surface area contributed by atoms with E-state index in [1.165, 1.54) is 0 Å². The first-order chi connectivity index (χ1) is 4.30. The Kier molecular flexibility index (Phi) is 2.49. The zero-order valence-corrected chi connectivity index (χ0v) is 6.66. The van der Waals surface area contributed by atoms with Crippen LogP contribution in [-0.4, -0.2) is 4.20 Å². The van der Waals surface area contributed by atoms with Gasteiger partial charge >= 0.3 is 0 Å². The van der Waals surface area contributed by atoms with E-state index in [2.05, 4.69) is 24.8 Å². The quantitative estimate of drug-likeness (QED) is 0.449. The summed E-state index contributed by atoms with van der Waals surface area (Å²) >= 11 is 8.98. The van der Waals surface area contributed by atoms with Gasteiger partial charge in [-0.25, -0.2) is 0 Å².